The van der Waals surface area contributed by atoms with Crippen molar-refractivity contribution in [2.75, 3.05) is 7.11 Å². The Labute approximate surface area is 72.1 Å². The maximum atomic E-state index is 10.9. The third kappa shape index (κ3) is 1.87. The van der Waals surface area contributed by atoms with Gasteiger partial charge in [-0.1, -0.05) is 19.9 Å². The summed E-state index contributed by atoms with van der Waals surface area (Å²) in [7, 11) is 1.56. The number of carbonyl (C=O) groups is 1. The fourth-order valence-electron chi connectivity index (χ4n) is 1.05. The molecule has 0 unspecified atom stereocenters. The predicted octanol–water partition coefficient (Wildman–Crippen LogP) is 1.19. The lowest BCUT2D eigenvalue weighted by atomic mass is 10.2. The van der Waals surface area contributed by atoms with Crippen molar-refractivity contribution in [1.82, 2.24) is 5.32 Å². The standard InChI is InChI=1S/C9H13NO2/c1-6(2)4-7-8(12-3)5-9(11)10-7/h4-6H,1-3H3,(H,10,11)/b7-4-. The van der Waals surface area contributed by atoms with Gasteiger partial charge in [-0.2, -0.15) is 0 Å². The average Bonchev–Trinajstić information content (AvgIpc) is 2.29. The van der Waals surface area contributed by atoms with Gasteiger partial charge >= 0.3 is 0 Å². The van der Waals surface area contributed by atoms with Crippen LogP contribution in [-0.2, 0) is 9.53 Å². The van der Waals surface area contributed by atoms with Gasteiger partial charge in [0.25, 0.3) is 5.91 Å². The Kier molecular flexibility index (Phi) is 2.53. The van der Waals surface area contributed by atoms with Crippen molar-refractivity contribution in [2.24, 2.45) is 5.92 Å². The fourth-order valence-corrected chi connectivity index (χ4v) is 1.05. The molecule has 0 fully saturated rings. The summed E-state index contributed by atoms with van der Waals surface area (Å²) in [4.78, 5) is 10.9. The normalized spacial score (nSPS) is 19.8. The second kappa shape index (κ2) is 3.43. The minimum absolute atomic E-state index is 0.112. The summed E-state index contributed by atoms with van der Waals surface area (Å²) in [5, 5.41) is 2.69. The summed E-state index contributed by atoms with van der Waals surface area (Å²) in [5.74, 6) is 0.907. The third-order valence-electron chi connectivity index (χ3n) is 1.51. The first-order valence-electron chi connectivity index (χ1n) is 3.92. The number of hydrogen-bond acceptors (Lipinski definition) is 2. The minimum Gasteiger partial charge on any atom is -0.494 e. The highest BCUT2D eigenvalue weighted by molar-refractivity contribution is 5.94. The smallest absolute Gasteiger partial charge is 0.252 e. The van der Waals surface area contributed by atoms with Gasteiger partial charge in [-0.15, -0.1) is 0 Å². The van der Waals surface area contributed by atoms with Crippen molar-refractivity contribution in [1.29, 1.82) is 0 Å². The van der Waals surface area contributed by atoms with Crippen LogP contribution in [0, 0.1) is 5.92 Å². The number of allylic oxidation sites excluding steroid dienone is 1. The van der Waals surface area contributed by atoms with E-state index in [9.17, 15) is 4.79 Å². The molecule has 3 nitrogen and oxygen atoms in total. The maximum Gasteiger partial charge on any atom is 0.252 e. The molecule has 0 bridgehead atoms. The van der Waals surface area contributed by atoms with Gasteiger partial charge in [0.1, 0.15) is 5.76 Å². The molecule has 1 rings (SSSR count). The van der Waals surface area contributed by atoms with E-state index in [0.717, 1.165) is 5.70 Å². The predicted molar refractivity (Wildman–Crippen MR) is 46.2 cm³/mol. The van der Waals surface area contributed by atoms with Crippen LogP contribution in [0.4, 0.5) is 0 Å². The maximum absolute atomic E-state index is 10.9. The topological polar surface area (TPSA) is 38.3 Å². The van der Waals surface area contributed by atoms with Crippen LogP contribution in [-0.4, -0.2) is 13.0 Å². The zero-order valence-electron chi connectivity index (χ0n) is 7.55. The second-order valence-electron chi connectivity index (χ2n) is 3.03. The van der Waals surface area contributed by atoms with Crippen LogP contribution in [0.1, 0.15) is 13.8 Å². The lowest BCUT2D eigenvalue weighted by Gasteiger charge is -2.04. The molecule has 0 saturated heterocycles. The molecule has 1 aliphatic rings. The summed E-state index contributed by atoms with van der Waals surface area (Å²) in [6, 6.07) is 0. The number of carbonyl (C=O) groups excluding carboxylic acids is 1. The highest BCUT2D eigenvalue weighted by Gasteiger charge is 2.17. The van der Waals surface area contributed by atoms with Gasteiger partial charge in [0.15, 0.2) is 0 Å². The molecule has 0 aliphatic carbocycles. The zero-order chi connectivity index (χ0) is 9.14. The summed E-state index contributed by atoms with van der Waals surface area (Å²) >= 11 is 0. The lowest BCUT2D eigenvalue weighted by Crippen LogP contribution is -2.14. The summed E-state index contributed by atoms with van der Waals surface area (Å²) in [6.07, 6.45) is 3.41. The number of hydrogen-bond donors (Lipinski definition) is 1. The van der Waals surface area contributed by atoms with Gasteiger partial charge in [0, 0.05) is 6.08 Å². The molecular weight excluding hydrogens is 154 g/mol. The largest absolute Gasteiger partial charge is 0.494 e. The van der Waals surface area contributed by atoms with E-state index in [4.69, 9.17) is 4.74 Å². The Balaban J connectivity index is 2.82. The van der Waals surface area contributed by atoms with Gasteiger partial charge in [0.05, 0.1) is 12.8 Å². The van der Waals surface area contributed by atoms with Gasteiger partial charge in [-0.3, -0.25) is 4.79 Å². The molecule has 0 aromatic heterocycles. The van der Waals surface area contributed by atoms with Crippen LogP contribution in [0.25, 0.3) is 0 Å². The summed E-state index contributed by atoms with van der Waals surface area (Å²) in [6.45, 7) is 4.09. The number of nitrogens with one attached hydrogen (secondary N) is 1. The number of ether oxygens (including phenoxy) is 1. The average molecular weight is 167 g/mol. The van der Waals surface area contributed by atoms with Crippen molar-refractivity contribution in [3.63, 3.8) is 0 Å². The zero-order valence-corrected chi connectivity index (χ0v) is 7.55. The first-order chi connectivity index (χ1) is 5.63. The SMILES string of the molecule is COC1=CC(=O)N/C1=C\C(C)C. The molecule has 12 heavy (non-hydrogen) atoms. The van der Waals surface area contributed by atoms with Crippen LogP contribution in [0.5, 0.6) is 0 Å². The molecule has 0 spiro atoms. The molecule has 0 aromatic carbocycles. The molecule has 1 aliphatic heterocycles. The second-order valence-corrected chi connectivity index (χ2v) is 3.03. The molecule has 66 valence electrons. The van der Waals surface area contributed by atoms with E-state index in [-0.39, 0.29) is 5.91 Å². The molecule has 0 atom stereocenters. The van der Waals surface area contributed by atoms with E-state index < -0.39 is 0 Å². The van der Waals surface area contributed by atoms with Crippen LogP contribution < -0.4 is 5.32 Å². The molecular formula is C9H13NO2. The van der Waals surface area contributed by atoms with Crippen molar-refractivity contribution >= 4 is 5.91 Å². The molecule has 0 radical (unpaired) electrons. The monoisotopic (exact) mass is 167 g/mol. The van der Waals surface area contributed by atoms with Crippen LogP contribution in [0.3, 0.4) is 0 Å². The minimum atomic E-state index is -0.112. The Morgan fingerprint density at radius 2 is 2.25 bits per heavy atom. The first kappa shape index (κ1) is 8.84. The van der Waals surface area contributed by atoms with E-state index in [1.54, 1.807) is 7.11 Å². The molecule has 1 N–H and O–H groups in total. The Bertz CT molecular complexity index is 251. The van der Waals surface area contributed by atoms with E-state index in [0.29, 0.717) is 11.7 Å². The van der Waals surface area contributed by atoms with E-state index >= 15 is 0 Å². The van der Waals surface area contributed by atoms with Crippen molar-refractivity contribution in [2.45, 2.75) is 13.8 Å². The highest BCUT2D eigenvalue weighted by Crippen LogP contribution is 2.15. The Morgan fingerprint density at radius 3 is 2.75 bits per heavy atom. The molecule has 0 saturated carbocycles. The molecule has 1 heterocycles. The van der Waals surface area contributed by atoms with Gasteiger partial charge < -0.3 is 10.1 Å². The fraction of sp³-hybridized carbons (Fsp3) is 0.444. The van der Waals surface area contributed by atoms with E-state index in [2.05, 4.69) is 5.32 Å². The Hall–Kier alpha value is -1.25. The van der Waals surface area contributed by atoms with Crippen LogP contribution >= 0.6 is 0 Å². The Morgan fingerprint density at radius 1 is 1.58 bits per heavy atom. The van der Waals surface area contributed by atoms with Gasteiger partial charge in [0.2, 0.25) is 0 Å². The van der Waals surface area contributed by atoms with Gasteiger partial charge in [-0.05, 0) is 5.92 Å². The van der Waals surface area contributed by atoms with Crippen molar-refractivity contribution in [3.05, 3.63) is 23.6 Å². The van der Waals surface area contributed by atoms with E-state index in [1.165, 1.54) is 6.08 Å². The lowest BCUT2D eigenvalue weighted by molar-refractivity contribution is -0.115. The first-order valence-corrected chi connectivity index (χ1v) is 3.92. The quantitative estimate of drug-likeness (QED) is 0.670. The molecule has 1 amide bonds. The number of amides is 1. The molecule has 0 aromatic rings. The number of methoxy groups -OCH3 is 1. The number of rotatable bonds is 2. The van der Waals surface area contributed by atoms with Crippen molar-refractivity contribution in [3.8, 4) is 0 Å². The van der Waals surface area contributed by atoms with Gasteiger partial charge in [-0.25, -0.2) is 0 Å². The molecule has 3 heteroatoms. The highest BCUT2D eigenvalue weighted by atomic mass is 16.5. The summed E-state index contributed by atoms with van der Waals surface area (Å²) < 4.78 is 5.00. The van der Waals surface area contributed by atoms with Crippen molar-refractivity contribution < 1.29 is 9.53 Å². The summed E-state index contributed by atoms with van der Waals surface area (Å²) in [5.41, 5.74) is 0.775. The van der Waals surface area contributed by atoms with E-state index in [1.807, 2.05) is 19.9 Å². The van der Waals surface area contributed by atoms with Crippen LogP contribution in [0.15, 0.2) is 23.6 Å². The third-order valence-corrected chi connectivity index (χ3v) is 1.51. The van der Waals surface area contributed by atoms with Crippen LogP contribution in [0.2, 0.25) is 0 Å².